The largest absolute Gasteiger partial charge is 0.462 e. The quantitative estimate of drug-likeness (QED) is 0.535. The Morgan fingerprint density at radius 1 is 1.29 bits per heavy atom. The van der Waals surface area contributed by atoms with E-state index < -0.39 is 12.0 Å². The van der Waals surface area contributed by atoms with E-state index in [9.17, 15) is 13.6 Å². The average molecular weight is 355 g/mol. The number of pyridine rings is 2. The summed E-state index contributed by atoms with van der Waals surface area (Å²) in [5.41, 5.74) is 1.49. The Labute approximate surface area is 143 Å². The minimum absolute atomic E-state index is 0.0610. The molecular weight excluding hydrogens is 338 g/mol. The molecule has 2 aromatic heterocycles. The van der Waals surface area contributed by atoms with Crippen LogP contribution < -0.4 is 0 Å². The van der Waals surface area contributed by atoms with Gasteiger partial charge in [0.05, 0.1) is 17.2 Å². The van der Waals surface area contributed by atoms with Crippen molar-refractivity contribution in [2.45, 2.75) is 33.1 Å². The van der Waals surface area contributed by atoms with Crippen LogP contribution in [0.4, 0.5) is 8.78 Å². The van der Waals surface area contributed by atoms with Crippen molar-refractivity contribution in [3.63, 3.8) is 0 Å². The van der Waals surface area contributed by atoms with E-state index in [2.05, 4.69) is 9.97 Å². The van der Waals surface area contributed by atoms with Gasteiger partial charge in [-0.05, 0) is 50.8 Å². The Morgan fingerprint density at radius 3 is 2.75 bits per heavy atom. The molecule has 0 aliphatic rings. The number of rotatable bonds is 6. The molecule has 0 unspecified atom stereocenters. The summed E-state index contributed by atoms with van der Waals surface area (Å²) in [6, 6.07) is 3.54. The van der Waals surface area contributed by atoms with Crippen LogP contribution in [0.25, 0.3) is 11.0 Å². The van der Waals surface area contributed by atoms with Crippen LogP contribution in [0, 0.1) is 6.92 Å². The van der Waals surface area contributed by atoms with Crippen molar-refractivity contribution < 1.29 is 18.3 Å². The van der Waals surface area contributed by atoms with Crippen LogP contribution in [0.15, 0.2) is 30.0 Å². The molecule has 0 radical (unpaired) electrons. The molecule has 0 aliphatic carbocycles. The summed E-state index contributed by atoms with van der Waals surface area (Å²) in [7, 11) is 0. The van der Waals surface area contributed by atoms with E-state index in [4.69, 9.17) is 16.3 Å². The molecule has 0 saturated carbocycles. The summed E-state index contributed by atoms with van der Waals surface area (Å²) in [6.45, 7) is 3.36. The van der Waals surface area contributed by atoms with Crippen molar-refractivity contribution in [1.29, 1.82) is 0 Å². The smallest absolute Gasteiger partial charge is 0.341 e. The molecule has 128 valence electrons. The second kappa shape index (κ2) is 8.15. The fraction of sp³-hybridized carbons (Fsp3) is 0.353. The molecule has 0 fully saturated rings. The monoisotopic (exact) mass is 354 g/mol. The molecule has 0 N–H and O–H groups in total. The van der Waals surface area contributed by atoms with E-state index in [-0.39, 0.29) is 29.2 Å². The Kier molecular flexibility index (Phi) is 6.20. The van der Waals surface area contributed by atoms with Gasteiger partial charge in [-0.1, -0.05) is 11.6 Å². The number of allylic oxidation sites excluding steroid dienone is 1. The highest BCUT2D eigenvalue weighted by Gasteiger charge is 2.16. The van der Waals surface area contributed by atoms with Crippen LogP contribution >= 0.6 is 11.6 Å². The number of carbonyl (C=O) groups is 1. The van der Waals surface area contributed by atoms with Gasteiger partial charge >= 0.3 is 5.97 Å². The Hall–Kier alpha value is -2.08. The maximum absolute atomic E-state index is 12.3. The highest BCUT2D eigenvalue weighted by Crippen LogP contribution is 2.25. The molecule has 2 heterocycles. The summed E-state index contributed by atoms with van der Waals surface area (Å²) in [5.74, 6) is -0.584. The summed E-state index contributed by atoms with van der Waals surface area (Å²) < 4.78 is 29.6. The predicted molar refractivity (Wildman–Crippen MR) is 88.3 cm³/mol. The van der Waals surface area contributed by atoms with E-state index >= 15 is 0 Å². The van der Waals surface area contributed by atoms with Crippen molar-refractivity contribution in [2.24, 2.45) is 0 Å². The lowest BCUT2D eigenvalue weighted by Crippen LogP contribution is -2.08. The van der Waals surface area contributed by atoms with Gasteiger partial charge in [-0.2, -0.15) is 8.78 Å². The second-order valence-corrected chi connectivity index (χ2v) is 5.82. The number of ether oxygens (including phenoxy) is 1. The van der Waals surface area contributed by atoms with E-state index in [0.717, 1.165) is 5.69 Å². The minimum Gasteiger partial charge on any atom is -0.462 e. The number of aromatic nitrogens is 2. The fourth-order valence-corrected chi connectivity index (χ4v) is 2.39. The molecular formula is C17H17ClF2N2O2. The number of carbonyl (C=O) groups excluding carboxylic acids is 1. The first-order valence-electron chi connectivity index (χ1n) is 7.50. The maximum atomic E-state index is 12.3. The predicted octanol–water partition coefficient (Wildman–Crippen LogP) is 5.09. The topological polar surface area (TPSA) is 52.1 Å². The lowest BCUT2D eigenvalue weighted by Gasteiger charge is -2.08. The number of aryl methyl sites for hydroxylation is 1. The Morgan fingerprint density at radius 2 is 2.04 bits per heavy atom. The van der Waals surface area contributed by atoms with Crippen LogP contribution in [0.3, 0.4) is 0 Å². The van der Waals surface area contributed by atoms with Crippen LogP contribution in [0.1, 0.15) is 42.2 Å². The van der Waals surface area contributed by atoms with Gasteiger partial charge in [-0.15, -0.1) is 0 Å². The van der Waals surface area contributed by atoms with Crippen molar-refractivity contribution in [3.8, 4) is 0 Å². The third-order valence-corrected chi connectivity index (χ3v) is 3.93. The third-order valence-electron chi connectivity index (χ3n) is 3.53. The lowest BCUT2D eigenvalue weighted by atomic mass is 10.1. The van der Waals surface area contributed by atoms with E-state index in [0.29, 0.717) is 23.9 Å². The summed E-state index contributed by atoms with van der Waals surface area (Å²) in [6.07, 6.45) is 0.984. The molecule has 4 nitrogen and oxygen atoms in total. The van der Waals surface area contributed by atoms with Gasteiger partial charge in [0, 0.05) is 17.3 Å². The van der Waals surface area contributed by atoms with Crippen LogP contribution in [-0.4, -0.2) is 22.5 Å². The second-order valence-electron chi connectivity index (χ2n) is 5.44. The molecule has 0 spiro atoms. The van der Waals surface area contributed by atoms with Gasteiger partial charge in [0.1, 0.15) is 0 Å². The molecule has 2 rings (SSSR count). The van der Waals surface area contributed by atoms with Crippen molar-refractivity contribution in [1.82, 2.24) is 9.97 Å². The Bertz CT molecular complexity index is 789. The van der Waals surface area contributed by atoms with Gasteiger partial charge in [-0.3, -0.25) is 0 Å². The first kappa shape index (κ1) is 18.3. The highest BCUT2D eigenvalue weighted by molar-refractivity contribution is 6.38. The van der Waals surface area contributed by atoms with E-state index in [1.165, 1.54) is 13.1 Å². The zero-order valence-electron chi connectivity index (χ0n) is 13.4. The number of hydrogen-bond donors (Lipinski definition) is 0. The number of hydrogen-bond acceptors (Lipinski definition) is 4. The standard InChI is InChI=1S/C17H17ClF2N2O2/c1-10(15(19)20)5-3-4-8-24-17(23)13-9-21-16-12(14(13)18)7-6-11(2)22-16/h6-7,9H,3-5,8H2,1-2H3. The number of esters is 1. The van der Waals surface area contributed by atoms with Crippen LogP contribution in [0.2, 0.25) is 5.02 Å². The summed E-state index contributed by atoms with van der Waals surface area (Å²) in [4.78, 5) is 20.5. The molecule has 0 amide bonds. The van der Waals surface area contributed by atoms with Crippen LogP contribution in [0.5, 0.6) is 0 Å². The molecule has 24 heavy (non-hydrogen) atoms. The van der Waals surface area contributed by atoms with Crippen LogP contribution in [-0.2, 0) is 4.74 Å². The lowest BCUT2D eigenvalue weighted by molar-refractivity contribution is 0.0498. The molecule has 0 atom stereocenters. The first-order valence-corrected chi connectivity index (χ1v) is 7.87. The number of unbranched alkanes of at least 4 members (excludes halogenated alkanes) is 1. The number of fused-ring (bicyclic) bond motifs is 1. The average Bonchev–Trinajstić information content (AvgIpc) is 2.54. The molecule has 0 aromatic carbocycles. The van der Waals surface area contributed by atoms with Gasteiger partial charge in [0.15, 0.2) is 5.65 Å². The summed E-state index contributed by atoms with van der Waals surface area (Å²) in [5, 5.41) is 0.826. The first-order chi connectivity index (χ1) is 11.4. The van der Waals surface area contributed by atoms with Crippen molar-refractivity contribution in [3.05, 3.63) is 46.3 Å². The fourth-order valence-electron chi connectivity index (χ4n) is 2.11. The minimum atomic E-state index is -1.65. The molecule has 0 bridgehead atoms. The zero-order chi connectivity index (χ0) is 17.7. The maximum Gasteiger partial charge on any atom is 0.341 e. The van der Waals surface area contributed by atoms with Gasteiger partial charge in [-0.25, -0.2) is 14.8 Å². The van der Waals surface area contributed by atoms with E-state index in [1.54, 1.807) is 12.1 Å². The third kappa shape index (κ3) is 4.47. The van der Waals surface area contributed by atoms with Gasteiger partial charge in [0.2, 0.25) is 0 Å². The van der Waals surface area contributed by atoms with Crippen molar-refractivity contribution >= 4 is 28.6 Å². The zero-order valence-corrected chi connectivity index (χ0v) is 14.2. The Balaban J connectivity index is 1.96. The highest BCUT2D eigenvalue weighted by atomic mass is 35.5. The van der Waals surface area contributed by atoms with Crippen molar-refractivity contribution in [2.75, 3.05) is 6.61 Å². The van der Waals surface area contributed by atoms with E-state index in [1.807, 2.05) is 6.92 Å². The molecule has 0 aliphatic heterocycles. The molecule has 0 saturated heterocycles. The summed E-state index contributed by atoms with van der Waals surface area (Å²) >= 11 is 6.24. The van der Waals surface area contributed by atoms with Gasteiger partial charge in [0.25, 0.3) is 6.08 Å². The molecule has 2 aromatic rings. The number of nitrogens with zero attached hydrogens (tertiary/aromatic N) is 2. The van der Waals surface area contributed by atoms with Gasteiger partial charge < -0.3 is 4.74 Å². The normalized spacial score (nSPS) is 10.7. The number of halogens is 3. The SMILES string of the molecule is CC(CCCCOC(=O)c1cnc2nc(C)ccc2c1Cl)=C(F)F. The molecule has 7 heteroatoms.